The third-order valence-electron chi connectivity index (χ3n) is 2.91. The van der Waals surface area contributed by atoms with E-state index < -0.39 is 51.5 Å². The van der Waals surface area contributed by atoms with Gasteiger partial charge in [0.2, 0.25) is 5.88 Å². The molecule has 25 heavy (non-hydrogen) atoms. The van der Waals surface area contributed by atoms with Crippen molar-refractivity contribution in [2.24, 2.45) is 7.05 Å². The minimum atomic E-state index is -4.99. The fraction of sp³-hybridized carbons (Fsp3) is 0.333. The molecule has 0 aliphatic heterocycles. The number of hydrogen-bond donors (Lipinski definition) is 0. The average Bonchev–Trinajstić information content (AvgIpc) is 2.75. The van der Waals surface area contributed by atoms with E-state index in [1.807, 2.05) is 0 Å². The predicted octanol–water partition coefficient (Wildman–Crippen LogP) is 2.63. The van der Waals surface area contributed by atoms with Crippen LogP contribution in [0, 0.1) is 5.21 Å². The highest BCUT2D eigenvalue weighted by Gasteiger charge is 2.40. The van der Waals surface area contributed by atoms with Crippen LogP contribution in [0.25, 0.3) is 0 Å². The Balaban J connectivity index is 2.47. The summed E-state index contributed by atoms with van der Waals surface area (Å²) in [5, 5.41) is 14.4. The van der Waals surface area contributed by atoms with Gasteiger partial charge in [-0.25, -0.2) is 8.89 Å². The molecule has 2 heterocycles. The first kappa shape index (κ1) is 19.4. The van der Waals surface area contributed by atoms with E-state index in [1.165, 1.54) is 6.07 Å². The highest BCUT2D eigenvalue weighted by atomic mass is 35.5. The normalized spacial score (nSPS) is 13.3. The molecule has 0 N–H and O–H groups in total. The number of ether oxygens (including phenoxy) is 1. The average molecular weight is 406 g/mol. The van der Waals surface area contributed by atoms with Gasteiger partial charge >= 0.3 is 12.8 Å². The van der Waals surface area contributed by atoms with E-state index in [9.17, 15) is 31.4 Å². The van der Waals surface area contributed by atoms with Crippen LogP contribution in [0.5, 0.6) is 5.88 Å². The van der Waals surface area contributed by atoms with Crippen LogP contribution >= 0.6 is 11.6 Å². The Morgan fingerprint density at radius 3 is 2.60 bits per heavy atom. The molecule has 1 unspecified atom stereocenters. The number of hydrogen-bond acceptors (Lipinski definition) is 4. The number of rotatable bonds is 5. The van der Waals surface area contributed by atoms with Gasteiger partial charge < -0.3 is 9.94 Å². The zero-order valence-corrected chi connectivity index (χ0v) is 13.8. The Morgan fingerprint density at radius 2 is 2.08 bits per heavy atom. The Kier molecular flexibility index (Phi) is 5.52. The molecule has 0 radical (unpaired) electrons. The summed E-state index contributed by atoms with van der Waals surface area (Å²) < 4.78 is 81.0. The third-order valence-corrected chi connectivity index (χ3v) is 4.47. The van der Waals surface area contributed by atoms with Gasteiger partial charge in [-0.2, -0.15) is 31.8 Å². The van der Waals surface area contributed by atoms with Gasteiger partial charge in [0.25, 0.3) is 5.03 Å². The largest absolute Gasteiger partial charge is 0.618 e. The van der Waals surface area contributed by atoms with E-state index >= 15 is 0 Å². The molecule has 0 aliphatic carbocycles. The molecule has 2 rings (SSSR count). The van der Waals surface area contributed by atoms with Crippen LogP contribution in [-0.4, -0.2) is 20.6 Å². The number of nitrogens with zero attached hydrogens (tertiary/aromatic N) is 3. The van der Waals surface area contributed by atoms with E-state index in [2.05, 4.69) is 9.84 Å². The second-order valence-electron chi connectivity index (χ2n) is 4.63. The van der Waals surface area contributed by atoms with Gasteiger partial charge in [0, 0.05) is 13.1 Å². The fourth-order valence-corrected chi connectivity index (χ4v) is 3.26. The van der Waals surface area contributed by atoms with E-state index in [0.717, 1.165) is 19.3 Å². The van der Waals surface area contributed by atoms with Crippen molar-refractivity contribution in [3.05, 3.63) is 39.8 Å². The van der Waals surface area contributed by atoms with Crippen LogP contribution in [0.3, 0.4) is 0 Å². The van der Waals surface area contributed by atoms with E-state index in [-0.39, 0.29) is 9.75 Å². The Morgan fingerprint density at radius 1 is 1.44 bits per heavy atom. The van der Waals surface area contributed by atoms with Crippen molar-refractivity contribution in [3.8, 4) is 5.88 Å². The number of halogens is 6. The maximum atomic E-state index is 13.1. The van der Waals surface area contributed by atoms with Crippen molar-refractivity contribution < 1.29 is 35.6 Å². The van der Waals surface area contributed by atoms with Crippen molar-refractivity contribution in [1.29, 1.82) is 0 Å². The molecular formula is C12H9ClF5N3O3S. The van der Waals surface area contributed by atoms with Crippen molar-refractivity contribution in [3.63, 3.8) is 0 Å². The molecule has 0 saturated carbocycles. The van der Waals surface area contributed by atoms with Crippen LogP contribution < -0.4 is 9.47 Å². The quantitative estimate of drug-likeness (QED) is 0.435. The first-order valence-corrected chi connectivity index (χ1v) is 8.05. The molecular weight excluding hydrogens is 397 g/mol. The zero-order valence-electron chi connectivity index (χ0n) is 12.3. The number of aryl methyl sites for hydroxylation is 1. The molecule has 13 heteroatoms. The minimum Gasteiger partial charge on any atom is -0.618 e. The summed E-state index contributed by atoms with van der Waals surface area (Å²) in [5.41, 5.74) is -2.37. The molecule has 0 spiro atoms. The van der Waals surface area contributed by atoms with Gasteiger partial charge in [-0.3, -0.25) is 0 Å². The Labute approximate surface area is 144 Å². The molecule has 2 aromatic heterocycles. The van der Waals surface area contributed by atoms with Crippen molar-refractivity contribution in [2.75, 3.05) is 0 Å². The summed E-state index contributed by atoms with van der Waals surface area (Å²) in [7, 11) is -1.33. The molecule has 0 aliphatic rings. The molecule has 0 aromatic carbocycles. The highest BCUT2D eigenvalue weighted by molar-refractivity contribution is 7.84. The van der Waals surface area contributed by atoms with Crippen LogP contribution in [0.2, 0.25) is 5.02 Å². The van der Waals surface area contributed by atoms with Gasteiger partial charge in [0.05, 0.1) is 11.3 Å². The summed E-state index contributed by atoms with van der Waals surface area (Å²) in [4.78, 5) is 0. The molecule has 1 atom stereocenters. The van der Waals surface area contributed by atoms with Gasteiger partial charge in [-0.05, 0) is 6.07 Å². The van der Waals surface area contributed by atoms with Crippen molar-refractivity contribution in [2.45, 2.75) is 23.6 Å². The lowest BCUT2D eigenvalue weighted by Crippen LogP contribution is -2.32. The van der Waals surface area contributed by atoms with E-state index in [4.69, 9.17) is 11.6 Å². The third kappa shape index (κ3) is 4.37. The first-order chi connectivity index (χ1) is 11.5. The highest BCUT2D eigenvalue weighted by Crippen LogP contribution is 2.37. The van der Waals surface area contributed by atoms with Crippen LogP contribution in [0.15, 0.2) is 23.4 Å². The number of pyridine rings is 1. The van der Waals surface area contributed by atoms with Crippen LogP contribution in [0.1, 0.15) is 11.3 Å². The molecule has 0 saturated heterocycles. The fourth-order valence-electron chi connectivity index (χ4n) is 1.97. The standard InChI is InChI=1S/C12H9ClF5N3O3S/c1-20-10(24-11(14)15)7(9(19-20)12(16,17)18)5-25(23)8-3-2-6(13)4-21(8)22/h2-4,11H,5H2,1H3. The van der Waals surface area contributed by atoms with E-state index in [0.29, 0.717) is 4.68 Å². The molecule has 2 aromatic rings. The molecule has 0 fully saturated rings. The SMILES string of the molecule is Cn1nc(C(F)(F)F)c(CS(=O)c2ccc(Cl)c[n+]2[O-])c1OC(F)F. The topological polar surface area (TPSA) is 71.1 Å². The maximum Gasteiger partial charge on any atom is 0.435 e. The lowest BCUT2D eigenvalue weighted by molar-refractivity contribution is -0.646. The Hall–Kier alpha value is -1.95. The predicted molar refractivity (Wildman–Crippen MR) is 75.4 cm³/mol. The summed E-state index contributed by atoms with van der Waals surface area (Å²) in [5.74, 6) is -1.80. The van der Waals surface area contributed by atoms with Crippen molar-refractivity contribution >= 4 is 22.4 Å². The number of alkyl halides is 5. The van der Waals surface area contributed by atoms with E-state index in [1.54, 1.807) is 0 Å². The smallest absolute Gasteiger partial charge is 0.435 e. The molecule has 6 nitrogen and oxygen atoms in total. The minimum absolute atomic E-state index is 0.0230. The number of aromatic nitrogens is 3. The second kappa shape index (κ2) is 7.12. The van der Waals surface area contributed by atoms with Gasteiger partial charge in [-0.1, -0.05) is 11.6 Å². The van der Waals surface area contributed by atoms with Crippen LogP contribution in [0.4, 0.5) is 22.0 Å². The maximum absolute atomic E-state index is 13.1. The monoisotopic (exact) mass is 405 g/mol. The van der Waals surface area contributed by atoms with Crippen LogP contribution in [-0.2, 0) is 29.8 Å². The summed E-state index contributed by atoms with van der Waals surface area (Å²) in [6.07, 6.45) is -4.13. The second-order valence-corrected chi connectivity index (χ2v) is 6.47. The lowest BCUT2D eigenvalue weighted by Gasteiger charge is -2.09. The summed E-state index contributed by atoms with van der Waals surface area (Å²) in [6, 6.07) is 2.27. The first-order valence-electron chi connectivity index (χ1n) is 6.35. The lowest BCUT2D eigenvalue weighted by atomic mass is 10.2. The molecule has 0 amide bonds. The summed E-state index contributed by atoms with van der Waals surface area (Å²) in [6.45, 7) is -3.41. The van der Waals surface area contributed by atoms with Gasteiger partial charge in [-0.15, -0.1) is 0 Å². The zero-order chi connectivity index (χ0) is 18.9. The van der Waals surface area contributed by atoms with Gasteiger partial charge in [0.1, 0.15) is 15.8 Å². The molecule has 0 bridgehead atoms. The van der Waals surface area contributed by atoms with Crippen molar-refractivity contribution in [1.82, 2.24) is 9.78 Å². The Bertz CT molecular complexity index is 812. The summed E-state index contributed by atoms with van der Waals surface area (Å²) >= 11 is 5.57. The van der Waals surface area contributed by atoms with Gasteiger partial charge in [0.15, 0.2) is 11.9 Å². The molecule has 138 valence electrons.